The highest BCUT2D eigenvalue weighted by Crippen LogP contribution is 2.31. The summed E-state index contributed by atoms with van der Waals surface area (Å²) >= 11 is 0. The molecule has 14 nitrogen and oxygen atoms in total. The monoisotopic (exact) mass is 872 g/mol. The van der Waals surface area contributed by atoms with Crippen LogP contribution in [0.4, 0.5) is 0 Å². The SMILES string of the molecule is C=C(C)C(=O)OCCCc1cc(-c2ccc(OCCCc3ccc(CCCCCC)cc3)cc2)ccc1OCC(COC(=O)C(=C)C)(COC(=O)C(=O)OC)COC(=O)C(=O)OC. The third-order valence-electron chi connectivity index (χ3n) is 9.76. The van der Waals surface area contributed by atoms with Gasteiger partial charge in [0.2, 0.25) is 0 Å². The molecule has 0 bridgehead atoms. The first-order chi connectivity index (χ1) is 30.2. The molecule has 0 atom stereocenters. The average Bonchev–Trinajstić information content (AvgIpc) is 3.29. The number of carbonyl (C=O) groups excluding carboxylic acids is 6. The van der Waals surface area contributed by atoms with Gasteiger partial charge in [-0.3, -0.25) is 0 Å². The first-order valence-electron chi connectivity index (χ1n) is 20.9. The van der Waals surface area contributed by atoms with Crippen LogP contribution in [0.3, 0.4) is 0 Å². The van der Waals surface area contributed by atoms with Gasteiger partial charge in [-0.2, -0.15) is 0 Å². The smallest absolute Gasteiger partial charge is 0.417 e. The van der Waals surface area contributed by atoms with Crippen LogP contribution in [-0.2, 0) is 76.5 Å². The Bertz CT molecular complexity index is 1980. The van der Waals surface area contributed by atoms with Gasteiger partial charge in [0.1, 0.15) is 43.3 Å². The Balaban J connectivity index is 1.82. The molecule has 0 saturated carbocycles. The molecule has 3 aromatic carbocycles. The fraction of sp³-hybridized carbons (Fsp3) is 0.429. The number of rotatable bonds is 26. The zero-order valence-corrected chi connectivity index (χ0v) is 37.1. The van der Waals surface area contributed by atoms with E-state index in [0.717, 1.165) is 50.4 Å². The molecule has 340 valence electrons. The molecule has 0 aliphatic heterocycles. The van der Waals surface area contributed by atoms with Crippen molar-refractivity contribution in [3.8, 4) is 22.6 Å². The number of hydrogen-bond acceptors (Lipinski definition) is 14. The summed E-state index contributed by atoms with van der Waals surface area (Å²) < 4.78 is 42.4. The maximum absolute atomic E-state index is 12.5. The molecule has 3 aromatic rings. The van der Waals surface area contributed by atoms with Crippen LogP contribution in [0.15, 0.2) is 91.0 Å². The lowest BCUT2D eigenvalue weighted by Gasteiger charge is -2.32. The van der Waals surface area contributed by atoms with E-state index >= 15 is 0 Å². The molecular formula is C49H60O14. The molecular weight excluding hydrogens is 813 g/mol. The van der Waals surface area contributed by atoms with Crippen molar-refractivity contribution in [3.63, 3.8) is 0 Å². The summed E-state index contributed by atoms with van der Waals surface area (Å²) in [5.41, 5.74) is 3.66. The second-order valence-electron chi connectivity index (χ2n) is 15.2. The van der Waals surface area contributed by atoms with Crippen molar-refractivity contribution in [1.82, 2.24) is 0 Å². The number of aryl methyl sites for hydroxylation is 3. The van der Waals surface area contributed by atoms with Crippen molar-refractivity contribution in [1.29, 1.82) is 0 Å². The Morgan fingerprint density at radius 3 is 1.56 bits per heavy atom. The lowest BCUT2D eigenvalue weighted by atomic mass is 9.91. The first-order valence-corrected chi connectivity index (χ1v) is 20.9. The van der Waals surface area contributed by atoms with Crippen LogP contribution >= 0.6 is 0 Å². The van der Waals surface area contributed by atoms with Crippen molar-refractivity contribution in [2.24, 2.45) is 5.41 Å². The largest absolute Gasteiger partial charge is 0.494 e. The molecule has 0 amide bonds. The number of unbranched alkanes of at least 4 members (excludes halogenated alkanes) is 3. The number of hydrogen-bond donors (Lipinski definition) is 0. The number of carbonyl (C=O) groups is 6. The van der Waals surface area contributed by atoms with Crippen molar-refractivity contribution >= 4 is 35.8 Å². The minimum atomic E-state index is -1.68. The molecule has 0 spiro atoms. The lowest BCUT2D eigenvalue weighted by molar-refractivity contribution is -0.177. The molecule has 14 heteroatoms. The summed E-state index contributed by atoms with van der Waals surface area (Å²) in [4.78, 5) is 73.2. The topological polar surface area (TPSA) is 176 Å². The minimum absolute atomic E-state index is 0.0393. The predicted octanol–water partition coefficient (Wildman–Crippen LogP) is 7.46. The Morgan fingerprint density at radius 1 is 0.508 bits per heavy atom. The van der Waals surface area contributed by atoms with Gasteiger partial charge in [-0.1, -0.05) is 81.8 Å². The Morgan fingerprint density at radius 2 is 1.02 bits per heavy atom. The zero-order valence-electron chi connectivity index (χ0n) is 37.1. The minimum Gasteiger partial charge on any atom is -0.494 e. The average molecular weight is 873 g/mol. The fourth-order valence-electron chi connectivity index (χ4n) is 6.03. The van der Waals surface area contributed by atoms with Crippen LogP contribution < -0.4 is 9.47 Å². The molecule has 0 unspecified atom stereocenters. The summed E-state index contributed by atoms with van der Waals surface area (Å²) in [6.07, 6.45) is 8.65. The second-order valence-corrected chi connectivity index (χ2v) is 15.2. The van der Waals surface area contributed by atoms with Gasteiger partial charge >= 0.3 is 35.8 Å². The van der Waals surface area contributed by atoms with Crippen LogP contribution in [0.5, 0.6) is 11.5 Å². The van der Waals surface area contributed by atoms with E-state index in [-0.39, 0.29) is 17.8 Å². The Hall–Kier alpha value is -6.44. The number of benzene rings is 3. The highest BCUT2D eigenvalue weighted by atomic mass is 16.6. The van der Waals surface area contributed by atoms with Gasteiger partial charge in [0, 0.05) is 11.1 Å². The normalized spacial score (nSPS) is 10.8. The van der Waals surface area contributed by atoms with E-state index in [1.54, 1.807) is 13.0 Å². The van der Waals surface area contributed by atoms with E-state index < -0.39 is 67.7 Å². The van der Waals surface area contributed by atoms with Crippen LogP contribution in [0.1, 0.15) is 76.0 Å². The van der Waals surface area contributed by atoms with Gasteiger partial charge in [0.05, 0.1) is 27.4 Å². The van der Waals surface area contributed by atoms with Crippen molar-refractivity contribution in [3.05, 3.63) is 108 Å². The van der Waals surface area contributed by atoms with Crippen molar-refractivity contribution in [2.45, 2.75) is 78.6 Å². The van der Waals surface area contributed by atoms with Crippen LogP contribution in [-0.4, -0.2) is 89.7 Å². The van der Waals surface area contributed by atoms with Crippen molar-refractivity contribution in [2.75, 3.05) is 53.9 Å². The molecule has 0 aromatic heterocycles. The number of esters is 6. The molecule has 0 aliphatic rings. The fourth-order valence-corrected chi connectivity index (χ4v) is 6.03. The van der Waals surface area contributed by atoms with Crippen molar-refractivity contribution < 1.29 is 66.7 Å². The molecule has 0 aliphatic carbocycles. The first kappa shape index (κ1) is 50.9. The van der Waals surface area contributed by atoms with Gasteiger partial charge in [-0.25, -0.2) is 28.8 Å². The third kappa shape index (κ3) is 17.8. The summed E-state index contributed by atoms with van der Waals surface area (Å²) in [7, 11) is 1.97. The summed E-state index contributed by atoms with van der Waals surface area (Å²) in [5.74, 6) is -5.68. The van der Waals surface area contributed by atoms with Crippen LogP contribution in [0.25, 0.3) is 11.1 Å². The quantitative estimate of drug-likeness (QED) is 0.0255. The number of ether oxygens (including phenoxy) is 8. The highest BCUT2D eigenvalue weighted by Gasteiger charge is 2.39. The zero-order chi connectivity index (χ0) is 46.2. The van der Waals surface area contributed by atoms with E-state index in [9.17, 15) is 28.8 Å². The van der Waals surface area contributed by atoms with Crippen LogP contribution in [0, 0.1) is 5.41 Å². The maximum atomic E-state index is 12.5. The molecule has 0 heterocycles. The van der Waals surface area contributed by atoms with Crippen LogP contribution in [0.2, 0.25) is 0 Å². The van der Waals surface area contributed by atoms with Gasteiger partial charge in [0.15, 0.2) is 0 Å². The van der Waals surface area contributed by atoms with E-state index in [4.69, 9.17) is 28.4 Å². The molecule has 63 heavy (non-hydrogen) atoms. The maximum Gasteiger partial charge on any atom is 0.417 e. The van der Waals surface area contributed by atoms with E-state index in [1.807, 2.05) is 36.4 Å². The van der Waals surface area contributed by atoms with Gasteiger partial charge < -0.3 is 37.9 Å². The third-order valence-corrected chi connectivity index (χ3v) is 9.76. The molecule has 0 fully saturated rings. The molecule has 0 saturated heterocycles. The summed E-state index contributed by atoms with van der Waals surface area (Å²) in [6.45, 7) is 10.6. The molecule has 0 N–H and O–H groups in total. The van der Waals surface area contributed by atoms with E-state index in [1.165, 1.54) is 43.7 Å². The predicted molar refractivity (Wildman–Crippen MR) is 234 cm³/mol. The summed E-state index contributed by atoms with van der Waals surface area (Å²) in [5, 5.41) is 0. The Kier molecular flexibility index (Phi) is 21.7. The Labute approximate surface area is 369 Å². The standard InChI is InChI=1S/C49H60O14/c1-8-9-10-11-14-36-17-19-37(20-18-36)15-12-27-58-41-24-21-38(22-25-41)39-23-26-42(40(29-39)16-13-28-59-43(50)34(2)3)60-30-49(31-61-44(51)35(4)5,32-62-47(54)45(52)56-6)33-63-48(55)46(53)57-7/h17-26,29H,2,4,8-16,27-28,30-33H2,1,3,5-7H3. The van der Waals surface area contributed by atoms with E-state index in [2.05, 4.69) is 53.8 Å². The van der Waals surface area contributed by atoms with Gasteiger partial charge in [0.25, 0.3) is 0 Å². The summed E-state index contributed by atoms with van der Waals surface area (Å²) in [6, 6.07) is 22.0. The second kappa shape index (κ2) is 26.8. The van der Waals surface area contributed by atoms with Gasteiger partial charge in [-0.05, 0) is 104 Å². The molecule has 0 radical (unpaired) electrons. The van der Waals surface area contributed by atoms with Gasteiger partial charge in [-0.15, -0.1) is 0 Å². The molecule has 3 rings (SSSR count). The number of methoxy groups -OCH3 is 2. The highest BCUT2D eigenvalue weighted by molar-refractivity contribution is 6.30. The van der Waals surface area contributed by atoms with E-state index in [0.29, 0.717) is 30.8 Å². The lowest BCUT2D eigenvalue weighted by Crippen LogP contribution is -2.45.